The Balaban J connectivity index is 1.96. The number of para-hydroxylation sites is 2. The summed E-state index contributed by atoms with van der Waals surface area (Å²) >= 11 is 0. The predicted octanol–water partition coefficient (Wildman–Crippen LogP) is 2.72. The standard InChI is InChI=1S/C19H19N5O2/c20-8-3-9-21-18-19-22-11-15(12-6-7-16(25)17(26)10-12)24(19)14-5-2-1-4-13(14)23-18/h1-2,4-7,10-11,25-26H,3,8-9,20H2,(H,21,23). The number of hydrogen-bond acceptors (Lipinski definition) is 6. The van der Waals surface area contributed by atoms with E-state index in [-0.39, 0.29) is 11.5 Å². The molecule has 0 aliphatic heterocycles. The Kier molecular flexibility index (Phi) is 4.06. The molecule has 2 heterocycles. The number of aromatic hydroxyl groups is 2. The Hall–Kier alpha value is -3.32. The quantitative estimate of drug-likeness (QED) is 0.326. The van der Waals surface area contributed by atoms with Gasteiger partial charge < -0.3 is 21.3 Å². The highest BCUT2D eigenvalue weighted by atomic mass is 16.3. The maximum atomic E-state index is 9.87. The fourth-order valence-electron chi connectivity index (χ4n) is 2.99. The van der Waals surface area contributed by atoms with Gasteiger partial charge in [-0.25, -0.2) is 9.97 Å². The van der Waals surface area contributed by atoms with Crippen LogP contribution >= 0.6 is 0 Å². The van der Waals surface area contributed by atoms with E-state index in [2.05, 4.69) is 15.3 Å². The van der Waals surface area contributed by atoms with Crippen LogP contribution in [0.15, 0.2) is 48.7 Å². The molecule has 2 aromatic carbocycles. The lowest BCUT2D eigenvalue weighted by Gasteiger charge is -2.11. The Bertz CT molecular complexity index is 1090. The van der Waals surface area contributed by atoms with Crippen molar-refractivity contribution in [2.45, 2.75) is 6.42 Å². The van der Waals surface area contributed by atoms with Crippen LogP contribution in [0.4, 0.5) is 5.82 Å². The van der Waals surface area contributed by atoms with E-state index in [0.717, 1.165) is 28.7 Å². The lowest BCUT2D eigenvalue weighted by molar-refractivity contribution is 0.404. The van der Waals surface area contributed by atoms with E-state index in [9.17, 15) is 10.2 Å². The van der Waals surface area contributed by atoms with Crippen LogP contribution in [-0.2, 0) is 0 Å². The number of hydrogen-bond donors (Lipinski definition) is 4. The molecule has 2 aromatic heterocycles. The van der Waals surface area contributed by atoms with E-state index in [1.807, 2.05) is 28.7 Å². The summed E-state index contributed by atoms with van der Waals surface area (Å²) < 4.78 is 2.00. The lowest BCUT2D eigenvalue weighted by atomic mass is 10.1. The number of aromatic nitrogens is 3. The van der Waals surface area contributed by atoms with Gasteiger partial charge in [-0.2, -0.15) is 0 Å². The number of fused-ring (bicyclic) bond motifs is 3. The number of benzene rings is 2. The predicted molar refractivity (Wildman–Crippen MR) is 101 cm³/mol. The van der Waals surface area contributed by atoms with Crippen LogP contribution in [0.3, 0.4) is 0 Å². The first kappa shape index (κ1) is 16.2. The summed E-state index contributed by atoms with van der Waals surface area (Å²) in [6.45, 7) is 1.31. The van der Waals surface area contributed by atoms with Crippen molar-refractivity contribution in [3.05, 3.63) is 48.7 Å². The number of anilines is 1. The lowest BCUT2D eigenvalue weighted by Crippen LogP contribution is -2.10. The molecule has 0 amide bonds. The molecule has 0 fully saturated rings. The van der Waals surface area contributed by atoms with Crippen LogP contribution in [0.25, 0.3) is 27.9 Å². The van der Waals surface area contributed by atoms with Gasteiger partial charge in [0.25, 0.3) is 0 Å². The average molecular weight is 349 g/mol. The zero-order valence-electron chi connectivity index (χ0n) is 14.1. The van der Waals surface area contributed by atoms with Gasteiger partial charge >= 0.3 is 0 Å². The number of nitrogens with two attached hydrogens (primary N) is 1. The molecular formula is C19H19N5O2. The van der Waals surface area contributed by atoms with E-state index in [4.69, 9.17) is 5.73 Å². The van der Waals surface area contributed by atoms with E-state index < -0.39 is 0 Å². The van der Waals surface area contributed by atoms with Crippen molar-refractivity contribution in [2.75, 3.05) is 18.4 Å². The molecule has 0 saturated carbocycles. The van der Waals surface area contributed by atoms with Crippen LogP contribution < -0.4 is 11.1 Å². The summed E-state index contributed by atoms with van der Waals surface area (Å²) in [6.07, 6.45) is 2.57. The smallest absolute Gasteiger partial charge is 0.181 e. The molecule has 0 spiro atoms. The molecular weight excluding hydrogens is 330 g/mol. The van der Waals surface area contributed by atoms with Gasteiger partial charge in [0.1, 0.15) is 0 Å². The minimum Gasteiger partial charge on any atom is -0.504 e. The van der Waals surface area contributed by atoms with Crippen molar-refractivity contribution in [1.82, 2.24) is 14.4 Å². The highest BCUT2D eigenvalue weighted by Gasteiger charge is 2.15. The molecule has 0 bridgehead atoms. The summed E-state index contributed by atoms with van der Waals surface area (Å²) in [5.41, 5.74) is 9.56. The summed E-state index contributed by atoms with van der Waals surface area (Å²) in [5, 5.41) is 22.8. The number of rotatable bonds is 5. The SMILES string of the molecule is NCCCNc1nc2ccccc2n2c(-c3ccc(O)c(O)c3)cnc12. The van der Waals surface area contributed by atoms with Crippen LogP contribution in [0.2, 0.25) is 0 Å². The fraction of sp³-hybridized carbons (Fsp3) is 0.158. The Morgan fingerprint density at radius 3 is 2.73 bits per heavy atom. The minimum absolute atomic E-state index is 0.154. The average Bonchev–Trinajstić information content (AvgIpc) is 3.10. The first-order chi connectivity index (χ1) is 12.7. The first-order valence-electron chi connectivity index (χ1n) is 8.41. The third-order valence-corrected chi connectivity index (χ3v) is 4.27. The molecule has 0 saturated heterocycles. The number of phenolic OH excluding ortho intramolecular Hbond substituents is 2. The van der Waals surface area contributed by atoms with Crippen molar-refractivity contribution < 1.29 is 10.2 Å². The van der Waals surface area contributed by atoms with E-state index in [0.29, 0.717) is 24.6 Å². The van der Waals surface area contributed by atoms with Gasteiger partial charge in [0.2, 0.25) is 0 Å². The summed E-state index contributed by atoms with van der Waals surface area (Å²) in [4.78, 5) is 9.23. The van der Waals surface area contributed by atoms with E-state index >= 15 is 0 Å². The zero-order chi connectivity index (χ0) is 18.1. The molecule has 4 rings (SSSR count). The third kappa shape index (κ3) is 2.68. The maximum absolute atomic E-state index is 9.87. The van der Waals surface area contributed by atoms with Crippen molar-refractivity contribution >= 4 is 22.5 Å². The summed E-state index contributed by atoms with van der Waals surface area (Å²) in [7, 11) is 0. The van der Waals surface area contributed by atoms with Gasteiger partial charge in [-0.15, -0.1) is 0 Å². The largest absolute Gasteiger partial charge is 0.504 e. The molecule has 0 atom stereocenters. The second-order valence-electron chi connectivity index (χ2n) is 6.02. The molecule has 7 heteroatoms. The molecule has 0 unspecified atom stereocenters. The summed E-state index contributed by atoms with van der Waals surface area (Å²) in [6, 6.07) is 12.5. The topological polar surface area (TPSA) is 109 Å². The highest BCUT2D eigenvalue weighted by Crippen LogP contribution is 2.33. The first-order valence-corrected chi connectivity index (χ1v) is 8.41. The molecule has 5 N–H and O–H groups in total. The minimum atomic E-state index is -0.169. The van der Waals surface area contributed by atoms with Gasteiger partial charge in [-0.3, -0.25) is 4.40 Å². The van der Waals surface area contributed by atoms with Crippen LogP contribution in [0, 0.1) is 0 Å². The highest BCUT2D eigenvalue weighted by molar-refractivity contribution is 5.86. The number of nitrogens with one attached hydrogen (secondary N) is 1. The Morgan fingerprint density at radius 1 is 1.08 bits per heavy atom. The normalized spacial score (nSPS) is 11.3. The molecule has 0 aliphatic carbocycles. The Labute approximate surface area is 149 Å². The second-order valence-corrected chi connectivity index (χ2v) is 6.02. The van der Waals surface area contributed by atoms with Crippen molar-refractivity contribution in [2.24, 2.45) is 5.73 Å². The number of imidazole rings is 1. The van der Waals surface area contributed by atoms with Crippen molar-refractivity contribution in [1.29, 1.82) is 0 Å². The molecule has 132 valence electrons. The third-order valence-electron chi connectivity index (χ3n) is 4.27. The van der Waals surface area contributed by atoms with Crippen molar-refractivity contribution in [3.8, 4) is 22.8 Å². The van der Waals surface area contributed by atoms with E-state index in [1.54, 1.807) is 12.3 Å². The van der Waals surface area contributed by atoms with Gasteiger partial charge in [-0.05, 0) is 43.3 Å². The molecule has 4 aromatic rings. The van der Waals surface area contributed by atoms with Crippen molar-refractivity contribution in [3.63, 3.8) is 0 Å². The van der Waals surface area contributed by atoms with Gasteiger partial charge in [-0.1, -0.05) is 12.1 Å². The summed E-state index contributed by atoms with van der Waals surface area (Å²) in [5.74, 6) is 0.363. The maximum Gasteiger partial charge on any atom is 0.181 e. The van der Waals surface area contributed by atoms with Gasteiger partial charge in [0.05, 0.1) is 22.9 Å². The zero-order valence-corrected chi connectivity index (χ0v) is 14.1. The molecule has 7 nitrogen and oxygen atoms in total. The fourth-order valence-corrected chi connectivity index (χ4v) is 2.99. The monoisotopic (exact) mass is 349 g/mol. The molecule has 0 radical (unpaired) electrons. The van der Waals surface area contributed by atoms with E-state index in [1.165, 1.54) is 12.1 Å². The molecule has 26 heavy (non-hydrogen) atoms. The Morgan fingerprint density at radius 2 is 1.92 bits per heavy atom. The van der Waals surface area contributed by atoms with Gasteiger partial charge in [0.15, 0.2) is 23.0 Å². The van der Waals surface area contributed by atoms with Crippen LogP contribution in [0.5, 0.6) is 11.5 Å². The molecule has 0 aliphatic rings. The number of nitrogens with zero attached hydrogens (tertiary/aromatic N) is 3. The van der Waals surface area contributed by atoms with Crippen LogP contribution in [-0.4, -0.2) is 37.7 Å². The van der Waals surface area contributed by atoms with Gasteiger partial charge in [0, 0.05) is 12.1 Å². The number of phenols is 2. The second kappa shape index (κ2) is 6.53. The van der Waals surface area contributed by atoms with Crippen LogP contribution in [0.1, 0.15) is 6.42 Å².